The van der Waals surface area contributed by atoms with Crippen LogP contribution in [0.5, 0.6) is 0 Å². The van der Waals surface area contributed by atoms with Crippen LogP contribution in [0.2, 0.25) is 0 Å². The smallest absolute Gasteiger partial charge is 0.238 e. The van der Waals surface area contributed by atoms with Gasteiger partial charge in [0.2, 0.25) is 21.8 Å². The Balaban J connectivity index is 1.55. The van der Waals surface area contributed by atoms with Gasteiger partial charge in [0.15, 0.2) is 0 Å². The number of nitrogens with zero attached hydrogens (tertiary/aromatic N) is 2. The SMILES string of the molecule is CC(=O)Nc1cccc(-c2ccc(N3C(c4cccc(S(N)(=O)=O)c4)=Nc4occc4C3N)cc2)c1. The Hall–Kier alpha value is -4.25. The Kier molecular flexibility index (Phi) is 5.92. The van der Waals surface area contributed by atoms with Gasteiger partial charge in [0.25, 0.3) is 0 Å². The number of nitrogens with one attached hydrogen (secondary N) is 1. The number of sulfonamides is 1. The molecule has 5 N–H and O–H groups in total. The summed E-state index contributed by atoms with van der Waals surface area (Å²) in [4.78, 5) is 17.8. The summed E-state index contributed by atoms with van der Waals surface area (Å²) in [6.45, 7) is 1.46. The molecule has 0 saturated heterocycles. The van der Waals surface area contributed by atoms with Crippen LogP contribution in [0.25, 0.3) is 11.1 Å². The monoisotopic (exact) mass is 501 g/mol. The first-order chi connectivity index (χ1) is 17.2. The molecule has 1 aliphatic heterocycles. The zero-order valence-corrected chi connectivity index (χ0v) is 20.1. The number of hydrogen-bond donors (Lipinski definition) is 3. The summed E-state index contributed by atoms with van der Waals surface area (Å²) in [6.07, 6.45) is 0.888. The van der Waals surface area contributed by atoms with E-state index in [0.29, 0.717) is 28.5 Å². The molecule has 10 heteroatoms. The average molecular weight is 502 g/mol. The molecule has 1 amide bonds. The highest BCUT2D eigenvalue weighted by Gasteiger charge is 2.31. The fourth-order valence-electron chi connectivity index (χ4n) is 4.14. The summed E-state index contributed by atoms with van der Waals surface area (Å²) in [5.41, 5.74) is 11.2. The Morgan fingerprint density at radius 1 is 0.972 bits per heavy atom. The zero-order chi connectivity index (χ0) is 25.4. The van der Waals surface area contributed by atoms with Crippen molar-refractivity contribution in [1.29, 1.82) is 0 Å². The fourth-order valence-corrected chi connectivity index (χ4v) is 4.70. The van der Waals surface area contributed by atoms with E-state index >= 15 is 0 Å². The van der Waals surface area contributed by atoms with Gasteiger partial charge in [0.05, 0.1) is 16.7 Å². The van der Waals surface area contributed by atoms with E-state index in [1.54, 1.807) is 18.2 Å². The Bertz CT molecular complexity index is 1590. The average Bonchev–Trinajstić information content (AvgIpc) is 3.33. The number of furan rings is 1. The first kappa shape index (κ1) is 23.5. The molecule has 0 radical (unpaired) electrons. The highest BCUT2D eigenvalue weighted by atomic mass is 32.2. The molecule has 0 spiro atoms. The maximum atomic E-state index is 12.0. The zero-order valence-electron chi connectivity index (χ0n) is 19.3. The fraction of sp³-hybridized carbons (Fsp3) is 0.0769. The number of carbonyl (C=O) groups is 1. The van der Waals surface area contributed by atoms with Crippen molar-refractivity contribution >= 4 is 39.0 Å². The van der Waals surface area contributed by atoms with E-state index in [9.17, 15) is 13.2 Å². The third-order valence-electron chi connectivity index (χ3n) is 5.79. The quantitative estimate of drug-likeness (QED) is 0.375. The van der Waals surface area contributed by atoms with Crippen LogP contribution >= 0.6 is 0 Å². The molecule has 2 heterocycles. The molecule has 9 nitrogen and oxygen atoms in total. The molecule has 1 atom stereocenters. The molecule has 3 aromatic carbocycles. The van der Waals surface area contributed by atoms with Crippen molar-refractivity contribution in [3.8, 4) is 11.1 Å². The highest BCUT2D eigenvalue weighted by molar-refractivity contribution is 7.89. The van der Waals surface area contributed by atoms with Crippen LogP contribution in [0.1, 0.15) is 24.2 Å². The predicted octanol–water partition coefficient (Wildman–Crippen LogP) is 4.11. The number of amides is 1. The number of nitrogens with two attached hydrogens (primary N) is 2. The van der Waals surface area contributed by atoms with Crippen molar-refractivity contribution in [1.82, 2.24) is 0 Å². The van der Waals surface area contributed by atoms with E-state index < -0.39 is 16.2 Å². The molecule has 0 fully saturated rings. The Morgan fingerprint density at radius 3 is 2.42 bits per heavy atom. The second-order valence-corrected chi connectivity index (χ2v) is 9.87. The van der Waals surface area contributed by atoms with Crippen LogP contribution in [0.15, 0.2) is 99.4 Å². The molecule has 1 unspecified atom stereocenters. The lowest BCUT2D eigenvalue weighted by molar-refractivity contribution is -0.114. The number of benzene rings is 3. The molecule has 0 bridgehead atoms. The second-order valence-electron chi connectivity index (χ2n) is 8.31. The summed E-state index contributed by atoms with van der Waals surface area (Å²) in [5.74, 6) is 0.649. The maximum absolute atomic E-state index is 12.0. The summed E-state index contributed by atoms with van der Waals surface area (Å²) in [6, 6.07) is 23.2. The Morgan fingerprint density at radius 2 is 1.69 bits per heavy atom. The molecular formula is C26H23N5O4S. The summed E-state index contributed by atoms with van der Waals surface area (Å²) in [7, 11) is -3.91. The number of rotatable bonds is 5. The number of amidine groups is 1. The molecule has 36 heavy (non-hydrogen) atoms. The van der Waals surface area contributed by atoms with Gasteiger partial charge in [-0.15, -0.1) is 0 Å². The van der Waals surface area contributed by atoms with Crippen LogP contribution < -0.4 is 21.1 Å². The van der Waals surface area contributed by atoms with Crippen LogP contribution in [0, 0.1) is 0 Å². The summed E-state index contributed by atoms with van der Waals surface area (Å²) >= 11 is 0. The van der Waals surface area contributed by atoms with Crippen LogP contribution in [0.4, 0.5) is 17.3 Å². The summed E-state index contributed by atoms with van der Waals surface area (Å²) < 4.78 is 29.4. The number of anilines is 2. The van der Waals surface area contributed by atoms with Gasteiger partial charge in [0, 0.05) is 23.9 Å². The van der Waals surface area contributed by atoms with Gasteiger partial charge in [0.1, 0.15) is 12.0 Å². The van der Waals surface area contributed by atoms with Crippen molar-refractivity contribution in [3.05, 3.63) is 96.3 Å². The van der Waals surface area contributed by atoms with E-state index in [2.05, 4.69) is 10.3 Å². The van der Waals surface area contributed by atoms with Crippen LogP contribution in [0.3, 0.4) is 0 Å². The Labute approximate surface area is 208 Å². The minimum absolute atomic E-state index is 0.0316. The van der Waals surface area contributed by atoms with E-state index in [1.807, 2.05) is 53.4 Å². The van der Waals surface area contributed by atoms with E-state index in [0.717, 1.165) is 16.8 Å². The van der Waals surface area contributed by atoms with Crippen molar-refractivity contribution < 1.29 is 17.6 Å². The van der Waals surface area contributed by atoms with Crippen molar-refractivity contribution in [2.24, 2.45) is 15.9 Å². The van der Waals surface area contributed by atoms with Gasteiger partial charge in [-0.2, -0.15) is 4.99 Å². The molecule has 1 aliphatic rings. The molecule has 1 aromatic heterocycles. The van der Waals surface area contributed by atoms with Crippen LogP contribution in [-0.4, -0.2) is 20.2 Å². The minimum Gasteiger partial charge on any atom is -0.446 e. The molecule has 182 valence electrons. The molecule has 4 aromatic rings. The van der Waals surface area contributed by atoms with E-state index in [1.165, 1.54) is 25.3 Å². The third kappa shape index (κ3) is 4.52. The topological polar surface area (TPSA) is 144 Å². The first-order valence-electron chi connectivity index (χ1n) is 11.0. The molecule has 0 saturated carbocycles. The number of carbonyl (C=O) groups excluding carboxylic acids is 1. The largest absolute Gasteiger partial charge is 0.446 e. The normalized spacial score (nSPS) is 15.2. The van der Waals surface area contributed by atoms with Gasteiger partial charge in [-0.3, -0.25) is 4.79 Å². The van der Waals surface area contributed by atoms with Gasteiger partial charge < -0.3 is 20.4 Å². The van der Waals surface area contributed by atoms with E-state index in [4.69, 9.17) is 15.3 Å². The van der Waals surface area contributed by atoms with E-state index in [-0.39, 0.29) is 10.8 Å². The van der Waals surface area contributed by atoms with Crippen molar-refractivity contribution in [2.45, 2.75) is 18.0 Å². The second kappa shape index (κ2) is 9.08. The number of aliphatic imine (C=N–C) groups is 1. The standard InChI is InChI=1S/C26H23N5O4S/c1-16(32)29-20-6-2-4-18(14-20)17-8-10-21(11-9-17)31-24(27)23-12-13-35-26(23)30-25(31)19-5-3-7-22(15-19)36(28,33)34/h2-15,24H,27H2,1H3,(H,29,32)(H2,28,33,34). The third-order valence-corrected chi connectivity index (χ3v) is 6.70. The van der Waals surface area contributed by atoms with Gasteiger partial charge in [-0.25, -0.2) is 13.6 Å². The number of hydrogen-bond acceptors (Lipinski definition) is 7. The number of fused-ring (bicyclic) bond motifs is 1. The molecule has 5 rings (SSSR count). The summed E-state index contributed by atoms with van der Waals surface area (Å²) in [5, 5.41) is 8.14. The first-order valence-corrected chi connectivity index (χ1v) is 12.6. The van der Waals surface area contributed by atoms with Crippen molar-refractivity contribution in [2.75, 3.05) is 10.2 Å². The maximum Gasteiger partial charge on any atom is 0.238 e. The number of primary sulfonamides is 1. The molecular weight excluding hydrogens is 478 g/mol. The lowest BCUT2D eigenvalue weighted by atomic mass is 10.0. The predicted molar refractivity (Wildman–Crippen MR) is 138 cm³/mol. The minimum atomic E-state index is -3.91. The van der Waals surface area contributed by atoms with Gasteiger partial charge in [-0.1, -0.05) is 36.4 Å². The van der Waals surface area contributed by atoms with Crippen LogP contribution in [-0.2, 0) is 14.8 Å². The van der Waals surface area contributed by atoms with Gasteiger partial charge in [-0.05, 0) is 53.6 Å². The lowest BCUT2D eigenvalue weighted by Gasteiger charge is -2.34. The molecule has 0 aliphatic carbocycles. The van der Waals surface area contributed by atoms with Crippen molar-refractivity contribution in [3.63, 3.8) is 0 Å². The highest BCUT2D eigenvalue weighted by Crippen LogP contribution is 2.38. The van der Waals surface area contributed by atoms with Gasteiger partial charge >= 0.3 is 0 Å². The lowest BCUT2D eigenvalue weighted by Crippen LogP contribution is -2.42.